The first-order valence-corrected chi connectivity index (χ1v) is 11.2. The van der Waals surface area contributed by atoms with Crippen LogP contribution in [0.25, 0.3) is 16.8 Å². The van der Waals surface area contributed by atoms with Gasteiger partial charge in [-0.2, -0.15) is 8.97 Å². The molecule has 9 heteroatoms. The van der Waals surface area contributed by atoms with Gasteiger partial charge in [0.2, 0.25) is 0 Å². The first kappa shape index (κ1) is 19.8. The summed E-state index contributed by atoms with van der Waals surface area (Å²) in [5.41, 5.74) is 2.69. The fraction of sp³-hybridized carbons (Fsp3) is 0.190. The minimum absolute atomic E-state index is 0.0659. The summed E-state index contributed by atoms with van der Waals surface area (Å²) in [7, 11) is 1.57. The Labute approximate surface area is 191 Å². The van der Waals surface area contributed by atoms with E-state index in [9.17, 15) is 4.79 Å². The molecule has 5 rings (SSSR count). The van der Waals surface area contributed by atoms with Crippen molar-refractivity contribution in [1.82, 2.24) is 9.38 Å². The molecule has 1 unspecified atom stereocenters. The number of thiazole rings is 1. The lowest BCUT2D eigenvalue weighted by Gasteiger charge is -2.24. The Morgan fingerprint density at radius 3 is 2.67 bits per heavy atom. The molecule has 3 aromatic heterocycles. The molecule has 1 aromatic carbocycles. The number of hydrogen-bond acceptors (Lipinski definition) is 4. The fourth-order valence-electron chi connectivity index (χ4n) is 4.15. The second-order valence-corrected chi connectivity index (χ2v) is 9.53. The second kappa shape index (κ2) is 7.54. The SMILES string of the molecule is COc1c(-c2cc(Cl)cc(Cl)c2)c(=O)n2cccc3c2[n+]1C(c1cnc(Cl)s1)CC3. The molecule has 152 valence electrons. The average molecular weight is 480 g/mol. The van der Waals surface area contributed by atoms with Crippen LogP contribution in [0.1, 0.15) is 22.9 Å². The van der Waals surface area contributed by atoms with Gasteiger partial charge in [0.1, 0.15) is 6.04 Å². The number of benzene rings is 1. The molecule has 0 saturated heterocycles. The zero-order chi connectivity index (χ0) is 21.0. The number of methoxy groups -OCH3 is 1. The van der Waals surface area contributed by atoms with Gasteiger partial charge in [0, 0.05) is 27.4 Å². The largest absolute Gasteiger partial charge is 0.465 e. The minimum Gasteiger partial charge on any atom is -0.465 e. The van der Waals surface area contributed by atoms with Gasteiger partial charge in [-0.15, -0.1) is 11.3 Å². The molecule has 0 radical (unpaired) electrons. The number of aromatic nitrogens is 3. The topological polar surface area (TPSA) is 47.5 Å². The summed E-state index contributed by atoms with van der Waals surface area (Å²) in [6.07, 6.45) is 5.22. The predicted octanol–water partition coefficient (Wildman–Crippen LogP) is 5.21. The lowest BCUT2D eigenvalue weighted by molar-refractivity contribution is -0.699. The minimum atomic E-state index is -0.193. The Bertz CT molecular complexity index is 1350. The van der Waals surface area contributed by atoms with Gasteiger partial charge >= 0.3 is 11.4 Å². The smallest absolute Gasteiger partial charge is 0.354 e. The van der Waals surface area contributed by atoms with E-state index < -0.39 is 0 Å². The monoisotopic (exact) mass is 478 g/mol. The number of aryl methyl sites for hydroxylation is 1. The molecule has 30 heavy (non-hydrogen) atoms. The molecule has 0 fully saturated rings. The van der Waals surface area contributed by atoms with Crippen molar-refractivity contribution in [2.24, 2.45) is 0 Å². The van der Waals surface area contributed by atoms with E-state index in [0.29, 0.717) is 31.5 Å². The van der Waals surface area contributed by atoms with E-state index in [4.69, 9.17) is 39.5 Å². The number of ether oxygens (including phenoxy) is 1. The molecule has 1 atom stereocenters. The highest BCUT2D eigenvalue weighted by atomic mass is 35.5. The third-order valence-electron chi connectivity index (χ3n) is 5.31. The number of rotatable bonds is 3. The van der Waals surface area contributed by atoms with E-state index in [0.717, 1.165) is 28.9 Å². The van der Waals surface area contributed by atoms with Crippen molar-refractivity contribution in [1.29, 1.82) is 0 Å². The number of nitrogens with zero attached hydrogens (tertiary/aromatic N) is 3. The summed E-state index contributed by atoms with van der Waals surface area (Å²) < 4.78 is 10.1. The second-order valence-electron chi connectivity index (χ2n) is 7.01. The summed E-state index contributed by atoms with van der Waals surface area (Å²) in [5, 5.41) is 0.893. The van der Waals surface area contributed by atoms with Crippen molar-refractivity contribution >= 4 is 51.8 Å². The standard InChI is InChI=1S/C21H15Cl3N3O2S/c1-29-20-17(12-7-13(22)9-14(23)8-12)19(28)26-6-2-3-11-4-5-15(27(20)18(11)26)16-10-25-21(24)30-16/h2-3,6-10,15H,4-5H2,1H3/q+1. The molecule has 1 aliphatic heterocycles. The average Bonchev–Trinajstić information content (AvgIpc) is 3.15. The summed E-state index contributed by atoms with van der Waals surface area (Å²) in [6, 6.07) is 8.93. The highest BCUT2D eigenvalue weighted by molar-refractivity contribution is 7.15. The normalized spacial score (nSPS) is 15.5. The van der Waals surface area contributed by atoms with Crippen molar-refractivity contribution in [3.8, 4) is 17.0 Å². The van der Waals surface area contributed by atoms with Crippen molar-refractivity contribution in [2.45, 2.75) is 18.9 Å². The quantitative estimate of drug-likeness (QED) is 0.379. The number of halogens is 3. The number of pyridine rings is 1. The first-order valence-electron chi connectivity index (χ1n) is 9.21. The molecule has 5 nitrogen and oxygen atoms in total. The zero-order valence-electron chi connectivity index (χ0n) is 15.7. The Morgan fingerprint density at radius 2 is 2.00 bits per heavy atom. The van der Waals surface area contributed by atoms with Crippen molar-refractivity contribution < 1.29 is 9.30 Å². The van der Waals surface area contributed by atoms with E-state index in [1.807, 2.05) is 12.1 Å². The third-order valence-corrected chi connectivity index (χ3v) is 6.96. The van der Waals surface area contributed by atoms with Gasteiger partial charge in [-0.3, -0.25) is 0 Å². The molecular formula is C21H15Cl3N3O2S+. The molecule has 0 aliphatic carbocycles. The zero-order valence-corrected chi connectivity index (χ0v) is 18.8. The van der Waals surface area contributed by atoms with Crippen LogP contribution in [0.3, 0.4) is 0 Å². The summed E-state index contributed by atoms with van der Waals surface area (Å²) in [6.45, 7) is 0. The molecule has 0 spiro atoms. The van der Waals surface area contributed by atoms with Crippen LogP contribution in [0.15, 0.2) is 47.5 Å². The van der Waals surface area contributed by atoms with E-state index in [1.54, 1.807) is 42.1 Å². The van der Waals surface area contributed by atoms with Crippen LogP contribution in [-0.2, 0) is 6.42 Å². The molecule has 1 aliphatic rings. The van der Waals surface area contributed by atoms with Gasteiger partial charge in [0.25, 0.3) is 5.65 Å². The van der Waals surface area contributed by atoms with Crippen LogP contribution in [0, 0.1) is 0 Å². The Balaban J connectivity index is 1.92. The summed E-state index contributed by atoms with van der Waals surface area (Å²) in [4.78, 5) is 18.8. The van der Waals surface area contributed by atoms with Crippen molar-refractivity contribution in [3.05, 3.63) is 78.0 Å². The van der Waals surface area contributed by atoms with E-state index >= 15 is 0 Å². The lowest BCUT2D eigenvalue weighted by Crippen LogP contribution is -2.49. The maximum absolute atomic E-state index is 13.6. The maximum Gasteiger partial charge on any atom is 0.354 e. The van der Waals surface area contributed by atoms with E-state index in [1.165, 1.54) is 11.3 Å². The van der Waals surface area contributed by atoms with Crippen LogP contribution in [0.5, 0.6) is 5.88 Å². The highest BCUT2D eigenvalue weighted by Gasteiger charge is 2.37. The van der Waals surface area contributed by atoms with Crippen LogP contribution in [-0.4, -0.2) is 16.5 Å². The molecule has 4 aromatic rings. The van der Waals surface area contributed by atoms with Gasteiger partial charge in [0.05, 0.1) is 18.2 Å². The third kappa shape index (κ3) is 3.10. The highest BCUT2D eigenvalue weighted by Crippen LogP contribution is 2.36. The molecule has 0 amide bonds. The lowest BCUT2D eigenvalue weighted by atomic mass is 9.99. The van der Waals surface area contributed by atoms with Gasteiger partial charge in [-0.25, -0.2) is 9.78 Å². The molecule has 0 N–H and O–H groups in total. The molecule has 4 heterocycles. The van der Waals surface area contributed by atoms with E-state index in [-0.39, 0.29) is 11.6 Å². The van der Waals surface area contributed by atoms with Crippen LogP contribution < -0.4 is 14.9 Å². The van der Waals surface area contributed by atoms with Gasteiger partial charge in [-0.05, 0) is 43.2 Å². The maximum atomic E-state index is 13.6. The first-order chi connectivity index (χ1) is 14.5. The van der Waals surface area contributed by atoms with Crippen LogP contribution >= 0.6 is 46.1 Å². The summed E-state index contributed by atoms with van der Waals surface area (Å²) in [5.74, 6) is 0.458. The number of hydrogen-bond donors (Lipinski definition) is 0. The Kier molecular flexibility index (Phi) is 4.98. The fourth-order valence-corrected chi connectivity index (χ4v) is 5.75. The molecule has 0 saturated carbocycles. The van der Waals surface area contributed by atoms with Crippen molar-refractivity contribution in [2.75, 3.05) is 7.11 Å². The van der Waals surface area contributed by atoms with Gasteiger partial charge < -0.3 is 4.74 Å². The van der Waals surface area contributed by atoms with Gasteiger partial charge in [0.15, 0.2) is 10.0 Å². The Morgan fingerprint density at radius 1 is 1.23 bits per heavy atom. The Hall–Kier alpha value is -2.12. The van der Waals surface area contributed by atoms with Crippen LogP contribution in [0.4, 0.5) is 0 Å². The predicted molar refractivity (Wildman–Crippen MR) is 119 cm³/mol. The van der Waals surface area contributed by atoms with E-state index in [2.05, 4.69) is 9.55 Å². The summed E-state index contributed by atoms with van der Waals surface area (Å²) >= 11 is 20.0. The van der Waals surface area contributed by atoms with Gasteiger partial charge in [-0.1, -0.05) is 34.8 Å². The molecular weight excluding hydrogens is 465 g/mol. The molecule has 0 bridgehead atoms. The van der Waals surface area contributed by atoms with Crippen molar-refractivity contribution in [3.63, 3.8) is 0 Å². The van der Waals surface area contributed by atoms with Crippen LogP contribution in [0.2, 0.25) is 14.5 Å².